The normalized spacial score (nSPS) is 18.3. The second kappa shape index (κ2) is 10.3. The molecule has 0 saturated carbocycles. The molecule has 0 aromatic carbocycles. The van der Waals surface area contributed by atoms with Gasteiger partial charge in [-0.25, -0.2) is 0 Å². The highest BCUT2D eigenvalue weighted by atomic mass is 28.3. The fraction of sp³-hybridized carbons (Fsp3) is 0.778. The number of ether oxygens (including phenoxy) is 2. The van der Waals surface area contributed by atoms with Crippen molar-refractivity contribution < 1.29 is 22.8 Å². The molecule has 1 aliphatic rings. The summed E-state index contributed by atoms with van der Waals surface area (Å²) in [4.78, 5) is 0. The molecule has 0 amide bonds. The fourth-order valence-electron chi connectivity index (χ4n) is 0.736. The maximum atomic E-state index is 5.06. The Hall–Kier alpha value is -0.243. The molecule has 0 spiro atoms. The molecule has 90 valence electrons. The lowest BCUT2D eigenvalue weighted by Crippen LogP contribution is -2.21. The van der Waals surface area contributed by atoms with E-state index in [4.69, 9.17) is 22.8 Å². The van der Waals surface area contributed by atoms with E-state index in [2.05, 4.69) is 6.58 Å². The third kappa shape index (κ3) is 10.0. The van der Waals surface area contributed by atoms with Gasteiger partial charge >= 0.3 is 9.53 Å². The van der Waals surface area contributed by atoms with Crippen molar-refractivity contribution in [2.24, 2.45) is 0 Å². The molecule has 0 bridgehead atoms. The van der Waals surface area contributed by atoms with Gasteiger partial charge < -0.3 is 22.8 Å². The minimum Gasteiger partial charge on any atom is -0.379 e. The lowest BCUT2D eigenvalue weighted by atomic mass is 10.5. The van der Waals surface area contributed by atoms with Gasteiger partial charge in [-0.1, -0.05) is 6.08 Å². The van der Waals surface area contributed by atoms with Crippen molar-refractivity contribution in [1.82, 2.24) is 0 Å². The minimum atomic E-state index is -1.67. The van der Waals surface area contributed by atoms with Gasteiger partial charge in [0, 0.05) is 21.3 Å². The quantitative estimate of drug-likeness (QED) is 0.274. The Morgan fingerprint density at radius 2 is 1.87 bits per heavy atom. The van der Waals surface area contributed by atoms with Crippen LogP contribution in [-0.2, 0) is 22.8 Å². The highest BCUT2D eigenvalue weighted by Crippen LogP contribution is 2.07. The topological polar surface area (TPSA) is 49.5 Å². The molecule has 0 radical (unpaired) electrons. The summed E-state index contributed by atoms with van der Waals surface area (Å²) in [6, 6.07) is 0. The van der Waals surface area contributed by atoms with Crippen LogP contribution in [0, 0.1) is 0 Å². The molecular formula is C9H20O5Si. The summed E-state index contributed by atoms with van der Waals surface area (Å²) >= 11 is 0. The fourth-order valence-corrected chi connectivity index (χ4v) is 1.31. The average molecular weight is 236 g/mol. The molecular weight excluding hydrogens is 216 g/mol. The van der Waals surface area contributed by atoms with E-state index in [-0.39, 0.29) is 0 Å². The first-order valence-corrected chi connectivity index (χ1v) is 6.08. The van der Waals surface area contributed by atoms with Crippen molar-refractivity contribution in [3.63, 3.8) is 0 Å². The van der Waals surface area contributed by atoms with Gasteiger partial charge in [0.25, 0.3) is 0 Å². The number of hydrogen-bond donors (Lipinski definition) is 0. The van der Waals surface area contributed by atoms with Crippen molar-refractivity contribution >= 4 is 9.53 Å². The van der Waals surface area contributed by atoms with Gasteiger partial charge in [0.15, 0.2) is 0 Å². The van der Waals surface area contributed by atoms with Crippen molar-refractivity contribution in [1.29, 1.82) is 0 Å². The largest absolute Gasteiger partial charge is 0.483 e. The first-order chi connectivity index (χ1) is 7.28. The summed E-state index contributed by atoms with van der Waals surface area (Å²) in [6.45, 7) is 5.75. The molecule has 15 heavy (non-hydrogen) atoms. The van der Waals surface area contributed by atoms with Crippen molar-refractivity contribution in [3.8, 4) is 0 Å². The maximum Gasteiger partial charge on any atom is 0.483 e. The van der Waals surface area contributed by atoms with E-state index in [9.17, 15) is 0 Å². The van der Waals surface area contributed by atoms with Crippen LogP contribution in [0.5, 0.6) is 0 Å². The van der Waals surface area contributed by atoms with E-state index in [1.807, 2.05) is 0 Å². The van der Waals surface area contributed by atoms with Crippen LogP contribution in [0.3, 0.4) is 0 Å². The van der Waals surface area contributed by atoms with Crippen LogP contribution in [-0.4, -0.2) is 56.8 Å². The van der Waals surface area contributed by atoms with E-state index in [0.29, 0.717) is 12.7 Å². The molecule has 6 heteroatoms. The monoisotopic (exact) mass is 236 g/mol. The number of rotatable bonds is 7. The summed E-state index contributed by atoms with van der Waals surface area (Å²) in [7, 11) is 3.05. The predicted octanol–water partition coefficient (Wildman–Crippen LogP) is 0.231. The number of hydrogen-bond acceptors (Lipinski definition) is 5. The van der Waals surface area contributed by atoms with Gasteiger partial charge in [-0.05, 0) is 0 Å². The molecule has 1 heterocycles. The third-order valence-electron chi connectivity index (χ3n) is 1.52. The van der Waals surface area contributed by atoms with Gasteiger partial charge in [0.05, 0.1) is 19.8 Å². The Balaban J connectivity index is 0.000000265. The van der Waals surface area contributed by atoms with E-state index in [0.717, 1.165) is 13.2 Å². The van der Waals surface area contributed by atoms with E-state index < -0.39 is 9.53 Å². The summed E-state index contributed by atoms with van der Waals surface area (Å²) < 4.78 is 24.2. The average Bonchev–Trinajstić information content (AvgIpc) is 3.06. The van der Waals surface area contributed by atoms with Crippen LogP contribution < -0.4 is 0 Å². The standard InChI is InChI=1S/C6H10O2.C3H10O3Si/c1-2-3-7-4-6-5-8-6;1-4-7(5-2)6-3/h2,6H,1,3-5H2;7H,1-3H3. The van der Waals surface area contributed by atoms with E-state index in [1.165, 1.54) is 0 Å². The lowest BCUT2D eigenvalue weighted by molar-refractivity contribution is 0.141. The van der Waals surface area contributed by atoms with Crippen LogP contribution in [0.1, 0.15) is 0 Å². The van der Waals surface area contributed by atoms with Crippen LogP contribution >= 0.6 is 0 Å². The Morgan fingerprint density at radius 3 is 2.13 bits per heavy atom. The zero-order valence-corrected chi connectivity index (χ0v) is 10.8. The summed E-state index contributed by atoms with van der Waals surface area (Å²) in [5.74, 6) is 0. The first-order valence-electron chi connectivity index (χ1n) is 4.67. The van der Waals surface area contributed by atoms with Crippen LogP contribution in [0.2, 0.25) is 0 Å². The summed E-state index contributed by atoms with van der Waals surface area (Å²) in [5, 5.41) is 0. The Labute approximate surface area is 92.9 Å². The highest BCUT2D eigenvalue weighted by Gasteiger charge is 2.21. The van der Waals surface area contributed by atoms with E-state index >= 15 is 0 Å². The smallest absolute Gasteiger partial charge is 0.379 e. The molecule has 0 aliphatic carbocycles. The molecule has 0 aromatic heterocycles. The Bertz CT molecular complexity index is 142. The zero-order valence-electron chi connectivity index (χ0n) is 9.60. The van der Waals surface area contributed by atoms with Crippen molar-refractivity contribution in [2.75, 3.05) is 41.2 Å². The number of epoxide rings is 1. The van der Waals surface area contributed by atoms with Gasteiger partial charge in [0.1, 0.15) is 6.10 Å². The molecule has 1 aliphatic heterocycles. The van der Waals surface area contributed by atoms with Crippen LogP contribution in [0.4, 0.5) is 0 Å². The highest BCUT2D eigenvalue weighted by molar-refractivity contribution is 6.36. The maximum absolute atomic E-state index is 5.06. The first kappa shape index (κ1) is 14.8. The second-order valence-electron chi connectivity index (χ2n) is 2.78. The van der Waals surface area contributed by atoms with Crippen molar-refractivity contribution in [3.05, 3.63) is 12.7 Å². The summed E-state index contributed by atoms with van der Waals surface area (Å²) in [5.41, 5.74) is 0. The van der Waals surface area contributed by atoms with Crippen LogP contribution in [0.15, 0.2) is 12.7 Å². The molecule has 1 fully saturated rings. The van der Waals surface area contributed by atoms with E-state index in [1.54, 1.807) is 27.4 Å². The molecule has 0 N–H and O–H groups in total. The SMILES string of the molecule is C=CCOCC1CO1.CO[SiH](OC)OC. The molecule has 1 rings (SSSR count). The Kier molecular flexibility index (Phi) is 10.1. The van der Waals surface area contributed by atoms with Gasteiger partial charge in [-0.3, -0.25) is 0 Å². The van der Waals surface area contributed by atoms with Crippen LogP contribution in [0.25, 0.3) is 0 Å². The molecule has 1 unspecified atom stereocenters. The lowest BCUT2D eigenvalue weighted by Gasteiger charge is -2.05. The molecule has 0 aromatic rings. The molecule has 1 atom stereocenters. The summed E-state index contributed by atoms with van der Waals surface area (Å²) in [6.07, 6.45) is 2.12. The van der Waals surface area contributed by atoms with Gasteiger partial charge in [-0.2, -0.15) is 0 Å². The zero-order chi connectivity index (χ0) is 11.5. The molecule has 1 saturated heterocycles. The second-order valence-corrected chi connectivity index (χ2v) is 4.77. The van der Waals surface area contributed by atoms with Gasteiger partial charge in [0.2, 0.25) is 0 Å². The Morgan fingerprint density at radius 1 is 1.33 bits per heavy atom. The van der Waals surface area contributed by atoms with Gasteiger partial charge in [-0.15, -0.1) is 6.58 Å². The third-order valence-corrected chi connectivity index (χ3v) is 2.67. The predicted molar refractivity (Wildman–Crippen MR) is 58.9 cm³/mol. The minimum absolute atomic E-state index is 0.384. The van der Waals surface area contributed by atoms with Crippen molar-refractivity contribution in [2.45, 2.75) is 6.10 Å². The molecule has 5 nitrogen and oxygen atoms in total.